The molecule has 0 radical (unpaired) electrons. The van der Waals surface area contributed by atoms with E-state index in [9.17, 15) is 14.4 Å². The van der Waals surface area contributed by atoms with Crippen LogP contribution in [0.3, 0.4) is 0 Å². The van der Waals surface area contributed by atoms with E-state index in [1.807, 2.05) is 61.5 Å². The number of thiazole rings is 1. The summed E-state index contributed by atoms with van der Waals surface area (Å²) in [5.41, 5.74) is 1.77. The van der Waals surface area contributed by atoms with E-state index in [2.05, 4.69) is 15.3 Å². The molecule has 0 saturated carbocycles. The molecule has 0 bridgehead atoms. The lowest BCUT2D eigenvalue weighted by molar-refractivity contribution is -0.117. The Kier molecular flexibility index (Phi) is 6.60. The first-order valence-corrected chi connectivity index (χ1v) is 11.3. The largest absolute Gasteiger partial charge is 0.354 e. The molecule has 2 aromatic heterocycles. The van der Waals surface area contributed by atoms with Crippen LogP contribution < -0.4 is 16.7 Å². The van der Waals surface area contributed by atoms with Gasteiger partial charge in [-0.25, -0.2) is 19.1 Å². The van der Waals surface area contributed by atoms with Crippen LogP contribution >= 0.6 is 11.3 Å². The van der Waals surface area contributed by atoms with Crippen LogP contribution in [0.2, 0.25) is 0 Å². The Labute approximate surface area is 194 Å². The summed E-state index contributed by atoms with van der Waals surface area (Å²) in [5.74, 6) is 0.00317. The van der Waals surface area contributed by atoms with Crippen molar-refractivity contribution in [2.45, 2.75) is 33.4 Å². The molecular formula is C24H23N5O3S. The number of hydrogen-bond donors (Lipinski definition) is 1. The van der Waals surface area contributed by atoms with Crippen molar-refractivity contribution in [2.75, 3.05) is 5.32 Å². The summed E-state index contributed by atoms with van der Waals surface area (Å²) in [5, 5.41) is 3.56. The molecule has 0 amide bonds. The topological polar surface area (TPSA) is 98.9 Å². The maximum Gasteiger partial charge on any atom is 0.354 e. The highest BCUT2D eigenvalue weighted by molar-refractivity contribution is 7.18. The number of carbonyl (C=O) groups is 1. The third kappa shape index (κ3) is 5.32. The molecule has 2 aromatic carbocycles. The minimum atomic E-state index is -0.705. The summed E-state index contributed by atoms with van der Waals surface area (Å²) < 4.78 is 2.40. The summed E-state index contributed by atoms with van der Waals surface area (Å²) >= 11 is 1.40. The summed E-state index contributed by atoms with van der Waals surface area (Å²) in [6.07, 6.45) is 1.82. The van der Waals surface area contributed by atoms with Gasteiger partial charge in [0.2, 0.25) is 5.95 Å². The van der Waals surface area contributed by atoms with Gasteiger partial charge in [-0.3, -0.25) is 9.36 Å². The molecule has 33 heavy (non-hydrogen) atoms. The van der Waals surface area contributed by atoms with E-state index in [0.717, 1.165) is 26.1 Å². The Hall–Kier alpha value is -3.85. The first-order valence-electron chi connectivity index (χ1n) is 10.5. The minimum absolute atomic E-state index is 0.0103. The van der Waals surface area contributed by atoms with Gasteiger partial charge in [0.1, 0.15) is 5.78 Å². The van der Waals surface area contributed by atoms with E-state index in [1.165, 1.54) is 22.8 Å². The summed E-state index contributed by atoms with van der Waals surface area (Å²) in [7, 11) is 0. The van der Waals surface area contributed by atoms with Crippen LogP contribution in [0.5, 0.6) is 0 Å². The first-order chi connectivity index (χ1) is 15.9. The molecule has 0 atom stereocenters. The van der Waals surface area contributed by atoms with Crippen molar-refractivity contribution >= 4 is 28.2 Å². The van der Waals surface area contributed by atoms with Gasteiger partial charge in [0.25, 0.3) is 0 Å². The molecule has 1 N–H and O–H groups in total. The van der Waals surface area contributed by atoms with E-state index in [4.69, 9.17) is 0 Å². The lowest BCUT2D eigenvalue weighted by atomic mass is 10.1. The van der Waals surface area contributed by atoms with Gasteiger partial charge in [0.05, 0.1) is 11.4 Å². The maximum absolute atomic E-state index is 13.2. The van der Waals surface area contributed by atoms with Crippen molar-refractivity contribution in [1.29, 1.82) is 0 Å². The van der Waals surface area contributed by atoms with Gasteiger partial charge in [0, 0.05) is 19.2 Å². The van der Waals surface area contributed by atoms with Gasteiger partial charge in [-0.15, -0.1) is 0 Å². The molecule has 0 aliphatic heterocycles. The molecule has 4 aromatic rings. The van der Waals surface area contributed by atoms with Crippen molar-refractivity contribution in [3.05, 3.63) is 92.9 Å². The van der Waals surface area contributed by atoms with E-state index >= 15 is 0 Å². The summed E-state index contributed by atoms with van der Waals surface area (Å²) in [6, 6.07) is 17.6. The second-order valence-corrected chi connectivity index (χ2v) is 8.73. The van der Waals surface area contributed by atoms with E-state index in [0.29, 0.717) is 5.13 Å². The van der Waals surface area contributed by atoms with Crippen LogP contribution in [0.15, 0.2) is 70.4 Å². The summed E-state index contributed by atoms with van der Waals surface area (Å²) in [6.45, 7) is 3.61. The average molecular weight is 462 g/mol. The molecule has 2 heterocycles. The number of nitrogens with zero attached hydrogens (tertiary/aromatic N) is 4. The predicted molar refractivity (Wildman–Crippen MR) is 129 cm³/mol. The average Bonchev–Trinajstić information content (AvgIpc) is 3.26. The van der Waals surface area contributed by atoms with Crippen LogP contribution in [0.1, 0.15) is 24.5 Å². The number of aryl methyl sites for hydroxylation is 1. The van der Waals surface area contributed by atoms with Crippen LogP contribution in [-0.2, 0) is 17.9 Å². The zero-order valence-corrected chi connectivity index (χ0v) is 19.1. The second kappa shape index (κ2) is 9.74. The molecule has 4 rings (SSSR count). The SMILES string of the molecule is CC(=O)CCn1c(=O)nc(Nc2ncc(-c3ccccc3)s2)n(Cc2ccc(C)cc2)c1=O. The zero-order chi connectivity index (χ0) is 23.4. The highest BCUT2D eigenvalue weighted by Gasteiger charge is 2.16. The standard InChI is InChI=1S/C24H23N5O3S/c1-16-8-10-18(11-9-16)15-29-21(27-23(31)28(24(29)32)13-12-17(2)30)26-22-25-14-20(33-22)19-6-4-3-5-7-19/h3-11,14H,12-13,15H2,1-2H3,(H,25,26,27,31). The number of nitrogens with one attached hydrogen (secondary N) is 1. The summed E-state index contributed by atoms with van der Waals surface area (Å²) in [4.78, 5) is 46.7. The molecule has 9 heteroatoms. The molecule has 0 aliphatic carbocycles. The minimum Gasteiger partial charge on any atom is -0.301 e. The number of hydrogen-bond acceptors (Lipinski definition) is 7. The van der Waals surface area contributed by atoms with E-state index < -0.39 is 11.4 Å². The van der Waals surface area contributed by atoms with Crippen molar-refractivity contribution in [3.8, 4) is 10.4 Å². The molecule has 0 aliphatic rings. The second-order valence-electron chi connectivity index (χ2n) is 7.70. The lowest BCUT2D eigenvalue weighted by Gasteiger charge is -2.14. The normalized spacial score (nSPS) is 10.8. The third-order valence-corrected chi connectivity index (χ3v) is 6.04. The number of anilines is 2. The number of Topliss-reactive ketones (excluding diaryl/α,β-unsaturated/α-hetero) is 1. The van der Waals surface area contributed by atoms with Gasteiger partial charge in [-0.05, 0) is 25.0 Å². The number of ketones is 1. The van der Waals surface area contributed by atoms with Gasteiger partial charge in [0.15, 0.2) is 5.13 Å². The lowest BCUT2D eigenvalue weighted by Crippen LogP contribution is -2.43. The van der Waals surface area contributed by atoms with Gasteiger partial charge >= 0.3 is 11.4 Å². The van der Waals surface area contributed by atoms with Crippen molar-refractivity contribution in [2.24, 2.45) is 0 Å². The molecule has 168 valence electrons. The molecule has 0 fully saturated rings. The number of benzene rings is 2. The van der Waals surface area contributed by atoms with Gasteiger partial charge in [-0.2, -0.15) is 4.98 Å². The van der Waals surface area contributed by atoms with Crippen LogP contribution in [0, 0.1) is 6.92 Å². The van der Waals surface area contributed by atoms with Crippen molar-refractivity contribution < 1.29 is 4.79 Å². The number of rotatable bonds is 8. The van der Waals surface area contributed by atoms with Crippen LogP contribution in [-0.4, -0.2) is 24.9 Å². The van der Waals surface area contributed by atoms with Crippen molar-refractivity contribution in [1.82, 2.24) is 19.1 Å². The monoisotopic (exact) mass is 461 g/mol. The fraction of sp³-hybridized carbons (Fsp3) is 0.208. The van der Waals surface area contributed by atoms with Crippen molar-refractivity contribution in [3.63, 3.8) is 0 Å². The Morgan fingerprint density at radius 1 is 1.03 bits per heavy atom. The zero-order valence-electron chi connectivity index (χ0n) is 18.3. The molecule has 0 unspecified atom stereocenters. The van der Waals surface area contributed by atoms with Crippen LogP contribution in [0.25, 0.3) is 10.4 Å². The Morgan fingerprint density at radius 2 is 1.76 bits per heavy atom. The fourth-order valence-electron chi connectivity index (χ4n) is 3.27. The molecule has 0 spiro atoms. The van der Waals surface area contributed by atoms with Gasteiger partial charge < -0.3 is 5.32 Å². The molecule has 8 nitrogen and oxygen atoms in total. The highest BCUT2D eigenvalue weighted by Crippen LogP contribution is 2.29. The van der Waals surface area contributed by atoms with E-state index in [1.54, 1.807) is 6.20 Å². The predicted octanol–water partition coefficient (Wildman–Crippen LogP) is 3.61. The third-order valence-electron chi connectivity index (χ3n) is 5.08. The number of carbonyl (C=O) groups excluding carboxylic acids is 1. The Morgan fingerprint density at radius 3 is 2.45 bits per heavy atom. The number of aromatic nitrogens is 4. The smallest absolute Gasteiger partial charge is 0.301 e. The highest BCUT2D eigenvalue weighted by atomic mass is 32.1. The van der Waals surface area contributed by atoms with E-state index in [-0.39, 0.29) is 31.2 Å². The Bertz CT molecular complexity index is 1390. The molecular weight excluding hydrogens is 438 g/mol. The fourth-order valence-corrected chi connectivity index (χ4v) is 4.08. The molecule has 0 saturated heterocycles. The van der Waals surface area contributed by atoms with Crippen LogP contribution in [0.4, 0.5) is 11.1 Å². The Balaban J connectivity index is 1.72. The first kappa shape index (κ1) is 22.3. The maximum atomic E-state index is 13.2. The quantitative estimate of drug-likeness (QED) is 0.430. The van der Waals surface area contributed by atoms with Gasteiger partial charge in [-0.1, -0.05) is 71.5 Å².